The zero-order valence-corrected chi connectivity index (χ0v) is 20.8. The minimum absolute atomic E-state index is 0.172. The van der Waals surface area contributed by atoms with Gasteiger partial charge in [0.1, 0.15) is 11.5 Å². The summed E-state index contributed by atoms with van der Waals surface area (Å²) in [5, 5.41) is 9.95. The maximum Gasteiger partial charge on any atom is 0.265 e. The third kappa shape index (κ3) is 5.84. The van der Waals surface area contributed by atoms with E-state index < -0.39 is 0 Å². The molecule has 3 aromatic heterocycles. The van der Waals surface area contributed by atoms with E-state index in [9.17, 15) is 9.59 Å². The van der Waals surface area contributed by atoms with Crippen LogP contribution in [0.15, 0.2) is 53.2 Å². The van der Waals surface area contributed by atoms with Gasteiger partial charge in [-0.1, -0.05) is 0 Å². The Balaban J connectivity index is 1.37. The summed E-state index contributed by atoms with van der Waals surface area (Å²) in [7, 11) is 1.62. The second-order valence-electron chi connectivity index (χ2n) is 8.24. The lowest BCUT2D eigenvalue weighted by Crippen LogP contribution is -2.23. The summed E-state index contributed by atoms with van der Waals surface area (Å²) in [5.74, 6) is 0.676. The molecule has 182 valence electrons. The summed E-state index contributed by atoms with van der Waals surface area (Å²) >= 11 is 1.40. The number of hydrogen-bond donors (Lipinski definition) is 2. The normalized spacial score (nSPS) is 11.1. The maximum absolute atomic E-state index is 12.5. The number of carbonyl (C=O) groups is 2. The van der Waals surface area contributed by atoms with Crippen LogP contribution in [0.1, 0.15) is 56.3 Å². The fourth-order valence-corrected chi connectivity index (χ4v) is 4.20. The highest BCUT2D eigenvalue weighted by Crippen LogP contribution is 2.24. The second kappa shape index (κ2) is 10.7. The zero-order valence-electron chi connectivity index (χ0n) is 20.0. The van der Waals surface area contributed by atoms with Crippen molar-refractivity contribution in [2.24, 2.45) is 0 Å². The van der Waals surface area contributed by atoms with Gasteiger partial charge in [-0.15, -0.1) is 11.3 Å². The molecule has 0 saturated heterocycles. The number of aromatic nitrogens is 3. The van der Waals surface area contributed by atoms with Crippen molar-refractivity contribution in [1.29, 1.82) is 0 Å². The van der Waals surface area contributed by atoms with E-state index in [1.807, 2.05) is 39.0 Å². The van der Waals surface area contributed by atoms with Crippen LogP contribution in [0.3, 0.4) is 0 Å². The van der Waals surface area contributed by atoms with Crippen LogP contribution in [0.2, 0.25) is 0 Å². The van der Waals surface area contributed by atoms with Crippen LogP contribution in [-0.4, -0.2) is 33.7 Å². The topological polar surface area (TPSA) is 111 Å². The van der Waals surface area contributed by atoms with Gasteiger partial charge in [0, 0.05) is 35.5 Å². The molecule has 0 aliphatic rings. The van der Waals surface area contributed by atoms with E-state index >= 15 is 0 Å². The summed E-state index contributed by atoms with van der Waals surface area (Å²) in [6, 6.07) is 11.1. The predicted octanol–water partition coefficient (Wildman–Crippen LogP) is 4.82. The summed E-state index contributed by atoms with van der Waals surface area (Å²) in [5.41, 5.74) is 2.57. The van der Waals surface area contributed by atoms with E-state index in [1.165, 1.54) is 11.3 Å². The van der Waals surface area contributed by atoms with Crippen LogP contribution in [0.25, 0.3) is 11.5 Å². The Labute approximate surface area is 207 Å². The zero-order chi connectivity index (χ0) is 24.9. The predicted molar refractivity (Wildman–Crippen MR) is 133 cm³/mol. The highest BCUT2D eigenvalue weighted by molar-refractivity contribution is 7.14. The third-order valence-electron chi connectivity index (χ3n) is 5.26. The molecule has 1 aromatic carbocycles. The molecule has 35 heavy (non-hydrogen) atoms. The number of hydrogen-bond acceptors (Lipinski definition) is 7. The Hall–Kier alpha value is -3.76. The molecule has 2 N–H and O–H groups in total. The Kier molecular flexibility index (Phi) is 7.42. The number of anilines is 1. The van der Waals surface area contributed by atoms with Crippen molar-refractivity contribution >= 4 is 28.8 Å². The van der Waals surface area contributed by atoms with Gasteiger partial charge in [0.2, 0.25) is 5.89 Å². The minimum Gasteiger partial charge on any atom is -0.441 e. The van der Waals surface area contributed by atoms with Crippen LogP contribution >= 0.6 is 11.3 Å². The molecule has 0 atom stereocenters. The molecule has 10 heteroatoms. The highest BCUT2D eigenvalue weighted by Gasteiger charge is 2.15. The number of methoxy groups -OCH3 is 1. The second-order valence-corrected chi connectivity index (χ2v) is 9.41. The number of nitrogens with one attached hydrogen (secondary N) is 2. The first-order chi connectivity index (χ1) is 16.8. The molecule has 0 fully saturated rings. The number of carbonyl (C=O) groups excluding carboxylic acids is 2. The number of amides is 2. The summed E-state index contributed by atoms with van der Waals surface area (Å²) in [6.45, 7) is 6.52. The third-order valence-corrected chi connectivity index (χ3v) is 6.32. The molecule has 4 aromatic rings. The van der Waals surface area contributed by atoms with Gasteiger partial charge in [0.05, 0.1) is 29.8 Å². The Morgan fingerprint density at radius 2 is 1.91 bits per heavy atom. The highest BCUT2D eigenvalue weighted by atomic mass is 32.1. The molecule has 0 spiro atoms. The van der Waals surface area contributed by atoms with Gasteiger partial charge < -0.3 is 19.8 Å². The molecular weight excluding hydrogens is 466 g/mol. The average Bonchev–Trinajstić information content (AvgIpc) is 3.58. The molecule has 0 bridgehead atoms. The maximum atomic E-state index is 12.5. The van der Waals surface area contributed by atoms with Gasteiger partial charge in [-0.05, 0) is 57.2 Å². The van der Waals surface area contributed by atoms with Gasteiger partial charge in [0.25, 0.3) is 11.8 Å². The van der Waals surface area contributed by atoms with E-state index in [1.54, 1.807) is 42.4 Å². The smallest absolute Gasteiger partial charge is 0.265 e. The van der Waals surface area contributed by atoms with E-state index in [4.69, 9.17) is 9.15 Å². The number of thiophene rings is 1. The van der Waals surface area contributed by atoms with Crippen molar-refractivity contribution in [3.05, 3.63) is 75.6 Å². The van der Waals surface area contributed by atoms with Gasteiger partial charge in [0.15, 0.2) is 0 Å². The molecule has 0 radical (unpaired) electrons. The van der Waals surface area contributed by atoms with E-state index in [0.29, 0.717) is 40.1 Å². The van der Waals surface area contributed by atoms with Crippen LogP contribution in [0.5, 0.6) is 0 Å². The first-order valence-corrected chi connectivity index (χ1v) is 11.9. The van der Waals surface area contributed by atoms with E-state index in [2.05, 4.69) is 20.7 Å². The summed E-state index contributed by atoms with van der Waals surface area (Å²) in [6.07, 6.45) is 3.27. The lowest BCUT2D eigenvalue weighted by Gasteiger charge is -2.04. The van der Waals surface area contributed by atoms with Crippen LogP contribution in [0, 0.1) is 6.92 Å². The van der Waals surface area contributed by atoms with Gasteiger partial charge in [-0.3, -0.25) is 14.3 Å². The van der Waals surface area contributed by atoms with E-state index in [-0.39, 0.29) is 24.4 Å². The fourth-order valence-electron chi connectivity index (χ4n) is 3.33. The molecule has 4 rings (SSSR count). The number of ether oxygens (including phenoxy) is 1. The molecule has 0 aliphatic heterocycles. The number of rotatable bonds is 9. The largest absolute Gasteiger partial charge is 0.441 e. The number of aryl methyl sites for hydroxylation is 1. The molecule has 0 unspecified atom stereocenters. The van der Waals surface area contributed by atoms with Gasteiger partial charge >= 0.3 is 0 Å². The first kappa shape index (κ1) is 24.4. The Morgan fingerprint density at radius 1 is 1.14 bits per heavy atom. The van der Waals surface area contributed by atoms with Crippen molar-refractivity contribution in [3.8, 4) is 11.5 Å². The quantitative estimate of drug-likeness (QED) is 0.346. The SMILES string of the molecule is COCc1ccc(C(=O)Nc2ccc(-c3nc(CNC(=O)c4cnn(C(C)C)c4)c(C)o3)cc2)s1. The lowest BCUT2D eigenvalue weighted by atomic mass is 10.2. The summed E-state index contributed by atoms with van der Waals surface area (Å²) in [4.78, 5) is 31.1. The molecule has 0 saturated carbocycles. The number of nitrogens with zero attached hydrogens (tertiary/aromatic N) is 3. The number of oxazole rings is 1. The van der Waals surface area contributed by atoms with Crippen molar-refractivity contribution in [1.82, 2.24) is 20.1 Å². The number of benzene rings is 1. The monoisotopic (exact) mass is 493 g/mol. The molecule has 2 amide bonds. The first-order valence-electron chi connectivity index (χ1n) is 11.1. The van der Waals surface area contributed by atoms with Crippen molar-refractivity contribution in [3.63, 3.8) is 0 Å². The van der Waals surface area contributed by atoms with Crippen LogP contribution in [-0.2, 0) is 17.9 Å². The molecule has 0 aliphatic carbocycles. The minimum atomic E-state index is -0.221. The van der Waals surface area contributed by atoms with Crippen molar-refractivity contribution in [2.45, 2.75) is 40.0 Å². The van der Waals surface area contributed by atoms with Crippen molar-refractivity contribution < 1.29 is 18.7 Å². The molecule has 3 heterocycles. The summed E-state index contributed by atoms with van der Waals surface area (Å²) < 4.78 is 12.6. The lowest BCUT2D eigenvalue weighted by molar-refractivity contribution is 0.0949. The van der Waals surface area contributed by atoms with Crippen LogP contribution in [0.4, 0.5) is 5.69 Å². The van der Waals surface area contributed by atoms with E-state index in [0.717, 1.165) is 10.4 Å². The van der Waals surface area contributed by atoms with Crippen LogP contribution < -0.4 is 10.6 Å². The average molecular weight is 494 g/mol. The Morgan fingerprint density at radius 3 is 2.60 bits per heavy atom. The molecule has 9 nitrogen and oxygen atoms in total. The van der Waals surface area contributed by atoms with Crippen molar-refractivity contribution in [2.75, 3.05) is 12.4 Å². The van der Waals surface area contributed by atoms with Gasteiger partial charge in [-0.2, -0.15) is 5.10 Å². The Bertz CT molecular complexity index is 1320. The van der Waals surface area contributed by atoms with Gasteiger partial charge in [-0.25, -0.2) is 4.98 Å². The standard InChI is InChI=1S/C25H27N5O4S/c1-15(2)30-13-18(11-27-30)23(31)26-12-21-16(3)34-25(29-21)17-5-7-19(8-6-17)28-24(32)22-10-9-20(35-22)14-33-4/h5-11,13,15H,12,14H2,1-4H3,(H,26,31)(H,28,32). The molecular formula is C25H27N5O4S. The fraction of sp³-hybridized carbons (Fsp3) is 0.280.